The first-order valence-electron chi connectivity index (χ1n) is 7.74. The number of carbonyl (C=O) groups is 2. The van der Waals surface area contributed by atoms with E-state index in [1.54, 1.807) is 6.92 Å². The molecule has 1 aromatic carbocycles. The number of hydrogen-bond acceptors (Lipinski definition) is 4. The summed E-state index contributed by atoms with van der Waals surface area (Å²) in [5, 5.41) is 7.87. The minimum absolute atomic E-state index is 0.272. The molecule has 3 N–H and O–H groups in total. The largest absolute Gasteiger partial charge is 0.493 e. The fourth-order valence-electron chi connectivity index (χ4n) is 1.76. The molecular formula is C16H25N3O4. The third-order valence-corrected chi connectivity index (χ3v) is 2.91. The number of amides is 3. The van der Waals surface area contributed by atoms with Crippen LogP contribution >= 0.6 is 0 Å². The van der Waals surface area contributed by atoms with Crippen molar-refractivity contribution in [2.24, 2.45) is 0 Å². The summed E-state index contributed by atoms with van der Waals surface area (Å²) in [6.45, 7) is 5.76. The third kappa shape index (κ3) is 8.55. The molecule has 3 amide bonds. The lowest BCUT2D eigenvalue weighted by Gasteiger charge is -2.10. The molecule has 23 heavy (non-hydrogen) atoms. The zero-order chi connectivity index (χ0) is 16.9. The van der Waals surface area contributed by atoms with Crippen molar-refractivity contribution in [2.75, 3.05) is 32.8 Å². The van der Waals surface area contributed by atoms with Crippen molar-refractivity contribution in [3.8, 4) is 5.75 Å². The van der Waals surface area contributed by atoms with Crippen LogP contribution in [0.25, 0.3) is 0 Å². The van der Waals surface area contributed by atoms with Crippen molar-refractivity contribution < 1.29 is 19.1 Å². The average Bonchev–Trinajstić information content (AvgIpc) is 2.53. The molecule has 0 atom stereocenters. The summed E-state index contributed by atoms with van der Waals surface area (Å²) >= 11 is 0. The molecule has 0 aromatic heterocycles. The highest BCUT2D eigenvalue weighted by molar-refractivity contribution is 5.73. The first-order chi connectivity index (χ1) is 11.1. The number of aryl methyl sites for hydroxylation is 1. The Labute approximate surface area is 136 Å². The third-order valence-electron chi connectivity index (χ3n) is 2.91. The van der Waals surface area contributed by atoms with E-state index in [0.717, 1.165) is 11.3 Å². The maximum Gasteiger partial charge on any atom is 0.407 e. The van der Waals surface area contributed by atoms with Crippen LogP contribution in [0.4, 0.5) is 9.59 Å². The van der Waals surface area contributed by atoms with Crippen LogP contribution < -0.4 is 20.7 Å². The van der Waals surface area contributed by atoms with Crippen LogP contribution in [0.5, 0.6) is 5.75 Å². The van der Waals surface area contributed by atoms with Crippen molar-refractivity contribution in [2.45, 2.75) is 20.3 Å². The van der Waals surface area contributed by atoms with E-state index in [1.165, 1.54) is 0 Å². The van der Waals surface area contributed by atoms with Crippen LogP contribution in [0, 0.1) is 6.92 Å². The number of carbonyl (C=O) groups excluding carboxylic acids is 2. The first-order valence-corrected chi connectivity index (χ1v) is 7.74. The lowest BCUT2D eigenvalue weighted by Crippen LogP contribution is -2.40. The van der Waals surface area contributed by atoms with Gasteiger partial charge in [0.05, 0.1) is 13.2 Å². The smallest absolute Gasteiger partial charge is 0.407 e. The second-order valence-electron chi connectivity index (χ2n) is 4.80. The number of urea groups is 1. The molecule has 0 saturated heterocycles. The number of para-hydroxylation sites is 1. The van der Waals surface area contributed by atoms with Gasteiger partial charge in [-0.15, -0.1) is 0 Å². The van der Waals surface area contributed by atoms with Gasteiger partial charge >= 0.3 is 12.1 Å². The Kier molecular flexibility index (Phi) is 9.04. The molecule has 0 unspecified atom stereocenters. The summed E-state index contributed by atoms with van der Waals surface area (Å²) in [6.07, 6.45) is 0.228. The average molecular weight is 323 g/mol. The van der Waals surface area contributed by atoms with Gasteiger partial charge in [0.1, 0.15) is 5.75 Å². The summed E-state index contributed by atoms with van der Waals surface area (Å²) in [4.78, 5) is 22.5. The maximum absolute atomic E-state index is 11.5. The van der Waals surface area contributed by atoms with E-state index in [-0.39, 0.29) is 6.03 Å². The zero-order valence-electron chi connectivity index (χ0n) is 13.7. The SMILES string of the molecule is CCOC(=O)NCCNC(=O)NCCCOc1ccccc1C. The Morgan fingerprint density at radius 2 is 1.74 bits per heavy atom. The van der Waals surface area contributed by atoms with E-state index in [0.29, 0.717) is 39.3 Å². The van der Waals surface area contributed by atoms with Crippen molar-refractivity contribution in [1.82, 2.24) is 16.0 Å². The van der Waals surface area contributed by atoms with E-state index in [9.17, 15) is 9.59 Å². The molecule has 1 rings (SSSR count). The Bertz CT molecular complexity index is 494. The lowest BCUT2D eigenvalue weighted by atomic mass is 10.2. The van der Waals surface area contributed by atoms with Gasteiger partial charge < -0.3 is 25.4 Å². The van der Waals surface area contributed by atoms with Gasteiger partial charge in [0.2, 0.25) is 0 Å². The number of alkyl carbamates (subject to hydrolysis) is 1. The molecule has 128 valence electrons. The summed E-state index contributed by atoms with van der Waals surface area (Å²) in [7, 11) is 0. The van der Waals surface area contributed by atoms with E-state index < -0.39 is 6.09 Å². The van der Waals surface area contributed by atoms with E-state index in [4.69, 9.17) is 9.47 Å². The van der Waals surface area contributed by atoms with Crippen LogP contribution in [-0.4, -0.2) is 45.0 Å². The highest BCUT2D eigenvalue weighted by atomic mass is 16.5. The number of benzene rings is 1. The second kappa shape index (κ2) is 11.2. The van der Waals surface area contributed by atoms with Gasteiger partial charge in [-0.3, -0.25) is 0 Å². The highest BCUT2D eigenvalue weighted by Gasteiger charge is 2.02. The quantitative estimate of drug-likeness (QED) is 0.605. The molecule has 0 aliphatic heterocycles. The molecule has 0 fully saturated rings. The number of nitrogens with one attached hydrogen (secondary N) is 3. The van der Waals surface area contributed by atoms with Crippen LogP contribution in [0.1, 0.15) is 18.9 Å². The molecule has 0 aliphatic carbocycles. The fourth-order valence-corrected chi connectivity index (χ4v) is 1.76. The summed E-state index contributed by atoms with van der Waals surface area (Å²) < 4.78 is 10.3. The van der Waals surface area contributed by atoms with Gasteiger partial charge in [-0.2, -0.15) is 0 Å². The van der Waals surface area contributed by atoms with Gasteiger partial charge in [-0.1, -0.05) is 18.2 Å². The second-order valence-corrected chi connectivity index (χ2v) is 4.80. The molecule has 7 heteroatoms. The van der Waals surface area contributed by atoms with Crippen molar-refractivity contribution in [1.29, 1.82) is 0 Å². The normalized spacial score (nSPS) is 9.83. The molecule has 0 bridgehead atoms. The number of hydrogen-bond donors (Lipinski definition) is 3. The molecular weight excluding hydrogens is 298 g/mol. The number of ether oxygens (including phenoxy) is 2. The highest BCUT2D eigenvalue weighted by Crippen LogP contribution is 2.15. The maximum atomic E-state index is 11.5. The summed E-state index contributed by atoms with van der Waals surface area (Å²) in [5.41, 5.74) is 1.09. The predicted octanol–water partition coefficient (Wildman–Crippen LogP) is 1.81. The molecule has 7 nitrogen and oxygen atoms in total. The Morgan fingerprint density at radius 1 is 1.04 bits per heavy atom. The summed E-state index contributed by atoms with van der Waals surface area (Å²) in [5.74, 6) is 0.863. The van der Waals surface area contributed by atoms with Gasteiger partial charge in [0.25, 0.3) is 0 Å². The standard InChI is InChI=1S/C16H25N3O4/c1-3-22-16(21)19-11-10-18-15(20)17-9-6-12-23-14-8-5-4-7-13(14)2/h4-5,7-8H,3,6,9-12H2,1-2H3,(H,19,21)(H2,17,18,20). The zero-order valence-corrected chi connectivity index (χ0v) is 13.7. The fraction of sp³-hybridized carbons (Fsp3) is 0.500. The van der Waals surface area contributed by atoms with E-state index in [1.807, 2.05) is 31.2 Å². The van der Waals surface area contributed by atoms with Crippen LogP contribution in [0.2, 0.25) is 0 Å². The van der Waals surface area contributed by atoms with E-state index in [2.05, 4.69) is 16.0 Å². The minimum Gasteiger partial charge on any atom is -0.493 e. The topological polar surface area (TPSA) is 88.7 Å². The molecule has 0 spiro atoms. The number of rotatable bonds is 9. The van der Waals surface area contributed by atoms with Gasteiger partial charge in [-0.25, -0.2) is 9.59 Å². The first kappa shape index (κ1) is 18.6. The Morgan fingerprint density at radius 3 is 2.48 bits per heavy atom. The Balaban J connectivity index is 2.00. The van der Waals surface area contributed by atoms with Crippen LogP contribution in [0.3, 0.4) is 0 Å². The Hall–Kier alpha value is -2.44. The van der Waals surface area contributed by atoms with Crippen LogP contribution in [-0.2, 0) is 4.74 Å². The molecule has 0 radical (unpaired) electrons. The molecule has 0 aliphatic rings. The monoisotopic (exact) mass is 323 g/mol. The molecule has 1 aromatic rings. The van der Waals surface area contributed by atoms with Crippen LogP contribution in [0.15, 0.2) is 24.3 Å². The molecule has 0 saturated carbocycles. The predicted molar refractivity (Wildman–Crippen MR) is 87.7 cm³/mol. The molecule has 0 heterocycles. The van der Waals surface area contributed by atoms with Crippen molar-refractivity contribution in [3.05, 3.63) is 29.8 Å². The van der Waals surface area contributed by atoms with E-state index >= 15 is 0 Å². The lowest BCUT2D eigenvalue weighted by molar-refractivity contribution is 0.152. The van der Waals surface area contributed by atoms with Gasteiger partial charge in [-0.05, 0) is 31.9 Å². The van der Waals surface area contributed by atoms with Crippen molar-refractivity contribution in [3.63, 3.8) is 0 Å². The minimum atomic E-state index is -0.483. The van der Waals surface area contributed by atoms with Gasteiger partial charge in [0.15, 0.2) is 0 Å². The van der Waals surface area contributed by atoms with Crippen molar-refractivity contribution >= 4 is 12.1 Å². The summed E-state index contributed by atoms with van der Waals surface area (Å²) in [6, 6.07) is 7.53. The van der Waals surface area contributed by atoms with Gasteiger partial charge in [0, 0.05) is 19.6 Å².